The van der Waals surface area contributed by atoms with Gasteiger partial charge in [0.05, 0.1) is 0 Å². The Labute approximate surface area is 160 Å². The molecule has 3 aliphatic rings. The molecular weight excluding hydrogens is 417 g/mol. The third-order valence-electron chi connectivity index (χ3n) is 5.03. The molecule has 0 bridgehead atoms. The van der Waals surface area contributed by atoms with E-state index >= 15 is 0 Å². The van der Waals surface area contributed by atoms with Crippen LogP contribution >= 0.6 is 24.0 Å². The lowest BCUT2D eigenvalue weighted by atomic mass is 10.3. The predicted molar refractivity (Wildman–Crippen MR) is 105 cm³/mol. The van der Waals surface area contributed by atoms with E-state index < -0.39 is 0 Å². The monoisotopic (exact) mass is 445 g/mol. The van der Waals surface area contributed by atoms with Crippen molar-refractivity contribution in [3.05, 3.63) is 11.6 Å². The van der Waals surface area contributed by atoms with Crippen molar-refractivity contribution in [1.29, 1.82) is 0 Å². The lowest BCUT2D eigenvalue weighted by molar-refractivity contribution is 0.321. The van der Waals surface area contributed by atoms with Gasteiger partial charge in [0.1, 0.15) is 12.4 Å². The molecule has 2 N–H and O–H groups in total. The van der Waals surface area contributed by atoms with Gasteiger partial charge in [0.15, 0.2) is 11.8 Å². The second-order valence-electron chi connectivity index (χ2n) is 6.84. The van der Waals surface area contributed by atoms with Crippen molar-refractivity contribution in [2.45, 2.75) is 64.2 Å². The summed E-state index contributed by atoms with van der Waals surface area (Å²) >= 11 is 0. The molecule has 0 amide bonds. The molecule has 1 aromatic heterocycles. The number of hydrogen-bond acceptors (Lipinski definition) is 4. The summed E-state index contributed by atoms with van der Waals surface area (Å²) in [6, 6.07) is 1.37. The van der Waals surface area contributed by atoms with Gasteiger partial charge in [-0.3, -0.25) is 4.90 Å². The topological polar surface area (TPSA) is 70.4 Å². The van der Waals surface area contributed by atoms with Crippen LogP contribution in [0.25, 0.3) is 0 Å². The molecular formula is C16H28IN7. The molecule has 2 aliphatic heterocycles. The SMILES string of the molecule is CCNC(=NCc1nnc2n1CCC2)NC1CCN(C2CC2)C1.I. The fraction of sp³-hybridized carbons (Fsp3) is 0.812. The molecule has 0 spiro atoms. The maximum atomic E-state index is 4.74. The Hall–Kier alpha value is -0.900. The Morgan fingerprint density at radius 1 is 1.25 bits per heavy atom. The van der Waals surface area contributed by atoms with Crippen molar-refractivity contribution in [2.75, 3.05) is 19.6 Å². The Bertz CT molecular complexity index is 581. The molecule has 1 saturated heterocycles. The first-order chi connectivity index (χ1) is 11.3. The summed E-state index contributed by atoms with van der Waals surface area (Å²) < 4.78 is 2.22. The number of nitrogens with zero attached hydrogens (tertiary/aromatic N) is 5. The van der Waals surface area contributed by atoms with Crippen molar-refractivity contribution in [3.8, 4) is 0 Å². The molecule has 0 radical (unpaired) electrons. The molecule has 1 aliphatic carbocycles. The van der Waals surface area contributed by atoms with Crippen LogP contribution in [-0.4, -0.2) is 57.3 Å². The van der Waals surface area contributed by atoms with Gasteiger partial charge in [-0.15, -0.1) is 34.2 Å². The average Bonchev–Trinajstić information content (AvgIpc) is 2.97. The lowest BCUT2D eigenvalue weighted by Gasteiger charge is -2.18. The van der Waals surface area contributed by atoms with Crippen LogP contribution in [-0.2, 0) is 19.5 Å². The van der Waals surface area contributed by atoms with E-state index in [-0.39, 0.29) is 24.0 Å². The Morgan fingerprint density at radius 3 is 2.92 bits per heavy atom. The van der Waals surface area contributed by atoms with Gasteiger partial charge in [-0.25, -0.2) is 4.99 Å². The maximum absolute atomic E-state index is 4.74. The van der Waals surface area contributed by atoms with E-state index in [1.165, 1.54) is 32.2 Å². The van der Waals surface area contributed by atoms with Gasteiger partial charge in [0.25, 0.3) is 0 Å². The number of aliphatic imine (C=N–C) groups is 1. The number of aromatic nitrogens is 3. The number of halogens is 1. The number of fused-ring (bicyclic) bond motifs is 1. The molecule has 3 heterocycles. The van der Waals surface area contributed by atoms with Gasteiger partial charge in [0.2, 0.25) is 0 Å². The van der Waals surface area contributed by atoms with Crippen molar-refractivity contribution in [1.82, 2.24) is 30.3 Å². The second kappa shape index (κ2) is 7.99. The number of rotatable bonds is 5. The van der Waals surface area contributed by atoms with E-state index in [1.54, 1.807) is 0 Å². The van der Waals surface area contributed by atoms with Crippen LogP contribution in [0.3, 0.4) is 0 Å². The van der Waals surface area contributed by atoms with Crippen LogP contribution < -0.4 is 10.6 Å². The van der Waals surface area contributed by atoms with E-state index in [0.717, 1.165) is 49.7 Å². The first-order valence-corrected chi connectivity index (χ1v) is 9.03. The largest absolute Gasteiger partial charge is 0.357 e. The van der Waals surface area contributed by atoms with Gasteiger partial charge in [-0.1, -0.05) is 0 Å². The summed E-state index contributed by atoms with van der Waals surface area (Å²) in [4.78, 5) is 7.35. The Kier molecular flexibility index (Phi) is 5.96. The second-order valence-corrected chi connectivity index (χ2v) is 6.84. The summed E-state index contributed by atoms with van der Waals surface area (Å²) in [6.07, 6.45) is 6.21. The molecule has 8 heteroatoms. The minimum atomic E-state index is 0. The number of aryl methyl sites for hydroxylation is 1. The van der Waals surface area contributed by atoms with Crippen molar-refractivity contribution in [3.63, 3.8) is 0 Å². The quantitative estimate of drug-likeness (QED) is 0.404. The van der Waals surface area contributed by atoms with Gasteiger partial charge in [0, 0.05) is 44.7 Å². The van der Waals surface area contributed by atoms with Crippen molar-refractivity contribution in [2.24, 2.45) is 4.99 Å². The fourth-order valence-electron chi connectivity index (χ4n) is 3.67. The van der Waals surface area contributed by atoms with Crippen molar-refractivity contribution >= 4 is 29.9 Å². The highest BCUT2D eigenvalue weighted by atomic mass is 127. The Morgan fingerprint density at radius 2 is 2.12 bits per heavy atom. The van der Waals surface area contributed by atoms with Crippen molar-refractivity contribution < 1.29 is 0 Å². The first kappa shape index (κ1) is 17.9. The number of likely N-dealkylation sites (tertiary alicyclic amines) is 1. The fourth-order valence-corrected chi connectivity index (χ4v) is 3.67. The summed E-state index contributed by atoms with van der Waals surface area (Å²) in [5.41, 5.74) is 0. The molecule has 24 heavy (non-hydrogen) atoms. The zero-order valence-corrected chi connectivity index (χ0v) is 16.7. The standard InChI is InChI=1S/C16H27N7.HI/c1-2-17-16(19-12-7-9-22(11-12)13-5-6-13)18-10-15-21-20-14-4-3-8-23(14)15;/h12-13H,2-11H2,1H3,(H2,17,18,19);1H. The minimum Gasteiger partial charge on any atom is -0.357 e. The zero-order chi connectivity index (χ0) is 15.6. The lowest BCUT2D eigenvalue weighted by Crippen LogP contribution is -2.44. The number of hydrogen-bond donors (Lipinski definition) is 2. The van der Waals surface area contributed by atoms with E-state index in [1.807, 2.05) is 0 Å². The first-order valence-electron chi connectivity index (χ1n) is 9.03. The molecule has 4 rings (SSSR count). The molecule has 1 atom stereocenters. The van der Waals surface area contributed by atoms with Crippen LogP contribution in [0.1, 0.15) is 44.3 Å². The zero-order valence-electron chi connectivity index (χ0n) is 14.4. The average molecular weight is 445 g/mol. The Balaban J connectivity index is 0.00000169. The van der Waals surface area contributed by atoms with Crippen LogP contribution in [0, 0.1) is 0 Å². The predicted octanol–water partition coefficient (Wildman–Crippen LogP) is 1.13. The maximum Gasteiger partial charge on any atom is 0.191 e. The van der Waals surface area contributed by atoms with E-state index in [2.05, 4.69) is 37.2 Å². The highest BCUT2D eigenvalue weighted by Gasteiger charge is 2.34. The highest BCUT2D eigenvalue weighted by molar-refractivity contribution is 14.0. The van der Waals surface area contributed by atoms with Crippen LogP contribution in [0.15, 0.2) is 4.99 Å². The summed E-state index contributed by atoms with van der Waals surface area (Å²) in [6.45, 7) is 6.99. The molecule has 1 aromatic rings. The molecule has 1 unspecified atom stereocenters. The third-order valence-corrected chi connectivity index (χ3v) is 5.03. The van der Waals surface area contributed by atoms with E-state index in [0.29, 0.717) is 12.6 Å². The van der Waals surface area contributed by atoms with Crippen LogP contribution in [0.5, 0.6) is 0 Å². The molecule has 134 valence electrons. The third kappa shape index (κ3) is 4.01. The van der Waals surface area contributed by atoms with E-state index in [9.17, 15) is 0 Å². The van der Waals surface area contributed by atoms with Gasteiger partial charge in [-0.05, 0) is 32.6 Å². The molecule has 2 fully saturated rings. The van der Waals surface area contributed by atoms with Crippen LogP contribution in [0.4, 0.5) is 0 Å². The number of guanidine groups is 1. The molecule has 1 saturated carbocycles. The highest BCUT2D eigenvalue weighted by Crippen LogP contribution is 2.29. The van der Waals surface area contributed by atoms with E-state index in [4.69, 9.17) is 4.99 Å². The smallest absolute Gasteiger partial charge is 0.191 e. The summed E-state index contributed by atoms with van der Waals surface area (Å²) in [7, 11) is 0. The summed E-state index contributed by atoms with van der Waals surface area (Å²) in [5, 5.41) is 15.5. The summed E-state index contributed by atoms with van der Waals surface area (Å²) in [5.74, 6) is 3.01. The van der Waals surface area contributed by atoms with Gasteiger partial charge >= 0.3 is 0 Å². The van der Waals surface area contributed by atoms with Gasteiger partial charge < -0.3 is 15.2 Å². The normalized spacial score (nSPS) is 23.9. The van der Waals surface area contributed by atoms with Crippen LogP contribution in [0.2, 0.25) is 0 Å². The molecule has 7 nitrogen and oxygen atoms in total. The number of nitrogens with one attached hydrogen (secondary N) is 2. The minimum absolute atomic E-state index is 0. The molecule has 0 aromatic carbocycles. The van der Waals surface area contributed by atoms with Gasteiger partial charge in [-0.2, -0.15) is 0 Å².